The summed E-state index contributed by atoms with van der Waals surface area (Å²) in [6.07, 6.45) is 6.43. The van der Waals surface area contributed by atoms with E-state index in [1.807, 2.05) is 30.4 Å². The van der Waals surface area contributed by atoms with E-state index in [0.29, 0.717) is 5.56 Å². The first-order valence-electron chi connectivity index (χ1n) is 5.85. The predicted molar refractivity (Wildman–Crippen MR) is 72.5 cm³/mol. The number of hydrogen-bond acceptors (Lipinski definition) is 2. The number of rotatable bonds is 1. The fourth-order valence-corrected chi connectivity index (χ4v) is 2.71. The van der Waals surface area contributed by atoms with Gasteiger partial charge in [-0.3, -0.25) is 4.79 Å². The molecule has 2 N–H and O–H groups in total. The molecule has 2 aliphatic rings. The van der Waals surface area contributed by atoms with Gasteiger partial charge in [0.2, 0.25) is 0 Å². The maximum absolute atomic E-state index is 12.1. The molecule has 2 unspecified atom stereocenters. The molecule has 0 radical (unpaired) electrons. The maximum Gasteiger partial charge on any atom is 0.261 e. The van der Waals surface area contributed by atoms with Crippen molar-refractivity contribution in [1.29, 1.82) is 0 Å². The van der Waals surface area contributed by atoms with E-state index in [-0.39, 0.29) is 11.9 Å². The zero-order chi connectivity index (χ0) is 12.8. The van der Waals surface area contributed by atoms with Crippen LogP contribution in [0.3, 0.4) is 0 Å². The van der Waals surface area contributed by atoms with Crippen LogP contribution in [0.1, 0.15) is 12.0 Å². The van der Waals surface area contributed by atoms with Crippen LogP contribution in [0.4, 0.5) is 0 Å². The summed E-state index contributed by atoms with van der Waals surface area (Å²) in [5.41, 5.74) is -0.197. The molecule has 92 valence electrons. The second kappa shape index (κ2) is 4.00. The Morgan fingerprint density at radius 3 is 2.78 bits per heavy atom. The smallest absolute Gasteiger partial charge is 0.261 e. The van der Waals surface area contributed by atoms with Gasteiger partial charge in [-0.15, -0.1) is 0 Å². The van der Waals surface area contributed by atoms with Gasteiger partial charge >= 0.3 is 0 Å². The molecule has 1 aromatic rings. The van der Waals surface area contributed by atoms with Gasteiger partial charge in [-0.2, -0.15) is 0 Å². The van der Waals surface area contributed by atoms with Crippen LogP contribution in [0.15, 0.2) is 53.0 Å². The zero-order valence-corrected chi connectivity index (χ0v) is 10.7. The van der Waals surface area contributed by atoms with Crippen LogP contribution < -0.4 is 5.32 Å². The lowest BCUT2D eigenvalue weighted by molar-refractivity contribution is -0.133. The van der Waals surface area contributed by atoms with E-state index in [1.54, 1.807) is 12.1 Å². The lowest BCUT2D eigenvalue weighted by Crippen LogP contribution is -2.36. The number of hydrogen-bond donors (Lipinski definition) is 2. The number of amides is 1. The van der Waals surface area contributed by atoms with Crippen LogP contribution in [-0.2, 0) is 23.0 Å². The molecule has 1 aromatic carbocycles. The lowest BCUT2D eigenvalue weighted by Gasteiger charge is -2.24. The van der Waals surface area contributed by atoms with Crippen molar-refractivity contribution in [2.24, 2.45) is 0 Å². The highest BCUT2D eigenvalue weighted by atomic mass is 32.1. The number of allylic oxidation sites excluding steroid dienone is 2. The Balaban J connectivity index is 2.12. The van der Waals surface area contributed by atoms with Crippen LogP contribution in [-0.4, -0.2) is 17.1 Å². The average molecular weight is 260 g/mol. The van der Waals surface area contributed by atoms with Crippen molar-refractivity contribution in [3.05, 3.63) is 53.6 Å². The Morgan fingerprint density at radius 2 is 2.06 bits per heavy atom. The number of aliphatic hydroxyl groups is 1. The highest BCUT2D eigenvalue weighted by Crippen LogP contribution is 2.39. The fraction of sp³-hybridized carbons (Fsp3) is 0.214. The van der Waals surface area contributed by atoms with Gasteiger partial charge in [0.1, 0.15) is 4.90 Å². The molecule has 0 aromatic heterocycles. The van der Waals surface area contributed by atoms with Gasteiger partial charge in [0, 0.05) is 0 Å². The third-order valence-electron chi connectivity index (χ3n) is 3.51. The van der Waals surface area contributed by atoms with Gasteiger partial charge in [-0.05, 0) is 42.3 Å². The monoisotopic (exact) mass is 260 g/mol. The third kappa shape index (κ3) is 1.53. The van der Waals surface area contributed by atoms with E-state index in [9.17, 15) is 9.90 Å². The third-order valence-corrected chi connectivity index (χ3v) is 3.85. The number of benzene rings is 1. The molecule has 4 heteroatoms. The molecule has 18 heavy (non-hydrogen) atoms. The molecule has 1 fully saturated rings. The average Bonchev–Trinajstić information content (AvgIpc) is 2.64. The van der Waals surface area contributed by atoms with Crippen LogP contribution in [0.5, 0.6) is 0 Å². The van der Waals surface area contributed by atoms with E-state index < -0.39 is 5.60 Å². The van der Waals surface area contributed by atoms with Gasteiger partial charge in [-0.25, -0.2) is 0 Å². The molecule has 1 amide bonds. The molecule has 0 saturated carbocycles. The standard InChI is InChI=1S/C14H13NO2S/c16-13-14(17,9-5-7-10(18)8-6-9)11-3-1-2-4-12(11)15-13/h1-3,5-8,12,17-18H,4H2,(H,15,16)/p+1. The molecule has 1 saturated heterocycles. The number of carbonyl (C=O) groups is 1. The van der Waals surface area contributed by atoms with Crippen LogP contribution in [0.2, 0.25) is 0 Å². The maximum atomic E-state index is 12.1. The van der Waals surface area contributed by atoms with Gasteiger partial charge in [0.15, 0.2) is 5.60 Å². The summed E-state index contributed by atoms with van der Waals surface area (Å²) in [5, 5.41) is 13.6. The summed E-state index contributed by atoms with van der Waals surface area (Å²) >= 11 is 3.40. The Morgan fingerprint density at radius 1 is 1.33 bits per heavy atom. The summed E-state index contributed by atoms with van der Waals surface area (Å²) in [6.45, 7) is 0. The predicted octanol–water partition coefficient (Wildman–Crippen LogP) is 0.629. The molecule has 2 atom stereocenters. The normalized spacial score (nSPS) is 29.8. The molecule has 0 spiro atoms. The van der Waals surface area contributed by atoms with Crippen LogP contribution in [0, 0.1) is 0 Å². The van der Waals surface area contributed by atoms with Crippen LogP contribution in [0.25, 0.3) is 0 Å². The second-order valence-corrected chi connectivity index (χ2v) is 5.18. The minimum Gasteiger partial charge on any atom is -0.372 e. The van der Waals surface area contributed by atoms with Gasteiger partial charge in [0.25, 0.3) is 5.91 Å². The van der Waals surface area contributed by atoms with E-state index in [0.717, 1.165) is 16.9 Å². The highest BCUT2D eigenvalue weighted by Gasteiger charge is 2.51. The Hall–Kier alpha value is -1.52. The first-order chi connectivity index (χ1) is 8.62. The second-order valence-electron chi connectivity index (χ2n) is 4.60. The zero-order valence-electron chi connectivity index (χ0n) is 9.68. The molecular formula is C14H14NO2S+. The number of carbonyl (C=O) groups excluding carboxylic acids is 1. The molecule has 1 aliphatic heterocycles. The van der Waals surface area contributed by atoms with Crippen molar-refractivity contribution in [3.63, 3.8) is 0 Å². The molecular weight excluding hydrogens is 246 g/mol. The molecule has 3 rings (SSSR count). The van der Waals surface area contributed by atoms with Crippen LogP contribution >= 0.6 is 0 Å². The van der Waals surface area contributed by atoms with Crippen molar-refractivity contribution < 1.29 is 9.90 Å². The van der Waals surface area contributed by atoms with E-state index in [1.165, 1.54) is 0 Å². The van der Waals surface area contributed by atoms with Crippen molar-refractivity contribution in [2.45, 2.75) is 23.0 Å². The quantitative estimate of drug-likeness (QED) is 0.728. The van der Waals surface area contributed by atoms with Crippen molar-refractivity contribution in [3.8, 4) is 0 Å². The van der Waals surface area contributed by atoms with Gasteiger partial charge < -0.3 is 10.4 Å². The Labute approximate surface area is 111 Å². The first-order valence-corrected chi connectivity index (χ1v) is 6.35. The summed E-state index contributed by atoms with van der Waals surface area (Å²) in [4.78, 5) is 13.0. The highest BCUT2D eigenvalue weighted by molar-refractivity contribution is 7.58. The van der Waals surface area contributed by atoms with E-state index >= 15 is 0 Å². The largest absolute Gasteiger partial charge is 0.372 e. The van der Waals surface area contributed by atoms with Gasteiger partial charge in [0.05, 0.1) is 6.04 Å². The van der Waals surface area contributed by atoms with E-state index in [4.69, 9.17) is 0 Å². The summed E-state index contributed by atoms with van der Waals surface area (Å²) < 4.78 is 0. The lowest BCUT2D eigenvalue weighted by atomic mass is 9.83. The Kier molecular flexibility index (Phi) is 2.57. The Bertz CT molecular complexity index is 562. The minimum absolute atomic E-state index is 0.0873. The molecule has 3 nitrogen and oxygen atoms in total. The van der Waals surface area contributed by atoms with Crippen molar-refractivity contribution >= 4 is 18.5 Å². The first kappa shape index (κ1) is 11.6. The van der Waals surface area contributed by atoms with Gasteiger partial charge in [-0.1, -0.05) is 30.4 Å². The fourth-order valence-electron chi connectivity index (χ4n) is 2.54. The summed E-state index contributed by atoms with van der Waals surface area (Å²) in [5.74, 6) is -0.343. The summed E-state index contributed by atoms with van der Waals surface area (Å²) in [7, 11) is 0. The van der Waals surface area contributed by atoms with Crippen molar-refractivity contribution in [2.75, 3.05) is 0 Å². The van der Waals surface area contributed by atoms with E-state index in [2.05, 4.69) is 17.9 Å². The molecule has 1 heterocycles. The topological polar surface area (TPSA) is 49.3 Å². The molecule has 1 aliphatic carbocycles. The summed E-state index contributed by atoms with van der Waals surface area (Å²) in [6, 6.07) is 7.09. The van der Waals surface area contributed by atoms with Crippen molar-refractivity contribution in [1.82, 2.24) is 5.32 Å². The number of nitrogens with one attached hydrogen (secondary N) is 1. The SMILES string of the molecule is O=C1NC2CC=CC=C2C1(O)c1ccc([SH2+])cc1. The molecule has 0 bridgehead atoms. The minimum atomic E-state index is -1.53. The number of fused-ring (bicyclic) bond motifs is 1.